The molecule has 0 saturated carbocycles. The van der Waals surface area contributed by atoms with E-state index >= 15 is 0 Å². The SMILES string of the molecule is Cc1nnc(Sc2cc3c(cc2N)CCC(=O)N3)n1C. The molecule has 2 aromatic rings. The van der Waals surface area contributed by atoms with E-state index in [1.54, 1.807) is 0 Å². The zero-order valence-corrected chi connectivity index (χ0v) is 12.1. The molecule has 0 spiro atoms. The van der Waals surface area contributed by atoms with E-state index in [4.69, 9.17) is 5.73 Å². The van der Waals surface area contributed by atoms with Gasteiger partial charge >= 0.3 is 0 Å². The first-order valence-corrected chi connectivity index (χ1v) is 7.12. The highest BCUT2D eigenvalue weighted by molar-refractivity contribution is 7.99. The maximum Gasteiger partial charge on any atom is 0.224 e. The third-order valence-corrected chi connectivity index (χ3v) is 4.50. The zero-order chi connectivity index (χ0) is 14.3. The van der Waals surface area contributed by atoms with Gasteiger partial charge < -0.3 is 15.6 Å². The van der Waals surface area contributed by atoms with Crippen LogP contribution in [-0.4, -0.2) is 20.7 Å². The van der Waals surface area contributed by atoms with Gasteiger partial charge in [0.15, 0.2) is 5.16 Å². The number of benzene rings is 1. The molecule has 0 bridgehead atoms. The molecule has 1 amide bonds. The van der Waals surface area contributed by atoms with Gasteiger partial charge in [0.1, 0.15) is 5.82 Å². The molecule has 20 heavy (non-hydrogen) atoms. The van der Waals surface area contributed by atoms with Crippen molar-refractivity contribution in [2.75, 3.05) is 11.1 Å². The summed E-state index contributed by atoms with van der Waals surface area (Å²) in [7, 11) is 1.91. The summed E-state index contributed by atoms with van der Waals surface area (Å²) in [4.78, 5) is 12.3. The smallest absolute Gasteiger partial charge is 0.224 e. The number of carbonyl (C=O) groups is 1. The van der Waals surface area contributed by atoms with Crippen molar-refractivity contribution in [3.05, 3.63) is 23.5 Å². The number of amides is 1. The van der Waals surface area contributed by atoms with Crippen LogP contribution < -0.4 is 11.1 Å². The van der Waals surface area contributed by atoms with Gasteiger partial charge in [-0.2, -0.15) is 0 Å². The summed E-state index contributed by atoms with van der Waals surface area (Å²) in [6, 6.07) is 3.84. The van der Waals surface area contributed by atoms with Gasteiger partial charge in [0.25, 0.3) is 0 Å². The lowest BCUT2D eigenvalue weighted by Crippen LogP contribution is -2.19. The summed E-state index contributed by atoms with van der Waals surface area (Å²) in [5.74, 6) is 0.894. The first-order valence-electron chi connectivity index (χ1n) is 6.30. The summed E-state index contributed by atoms with van der Waals surface area (Å²) >= 11 is 1.45. The molecule has 2 heterocycles. The number of nitrogens with zero attached hydrogens (tertiary/aromatic N) is 3. The molecule has 1 aliphatic rings. The Morgan fingerprint density at radius 1 is 1.35 bits per heavy atom. The summed E-state index contributed by atoms with van der Waals surface area (Å²) in [5.41, 5.74) is 8.72. The van der Waals surface area contributed by atoms with Crippen molar-refractivity contribution < 1.29 is 4.79 Å². The molecule has 0 saturated heterocycles. The molecule has 0 unspecified atom stereocenters. The van der Waals surface area contributed by atoms with Crippen LogP contribution in [0.1, 0.15) is 17.8 Å². The maximum absolute atomic E-state index is 11.5. The first-order chi connectivity index (χ1) is 9.54. The lowest BCUT2D eigenvalue weighted by Gasteiger charge is -2.18. The average molecular weight is 289 g/mol. The fourth-order valence-corrected chi connectivity index (χ4v) is 2.99. The number of fused-ring (bicyclic) bond motifs is 1. The third-order valence-electron chi connectivity index (χ3n) is 3.38. The molecule has 3 N–H and O–H groups in total. The van der Waals surface area contributed by atoms with Gasteiger partial charge in [-0.15, -0.1) is 10.2 Å². The van der Waals surface area contributed by atoms with Crippen LogP contribution in [0.3, 0.4) is 0 Å². The molecule has 1 aromatic heterocycles. The largest absolute Gasteiger partial charge is 0.398 e. The number of hydrogen-bond donors (Lipinski definition) is 2. The Balaban J connectivity index is 1.96. The van der Waals surface area contributed by atoms with E-state index in [-0.39, 0.29) is 5.91 Å². The van der Waals surface area contributed by atoms with Crippen LogP contribution in [0.25, 0.3) is 0 Å². The van der Waals surface area contributed by atoms with Gasteiger partial charge in [0, 0.05) is 29.7 Å². The summed E-state index contributed by atoms with van der Waals surface area (Å²) in [6.45, 7) is 1.90. The van der Waals surface area contributed by atoms with Crippen molar-refractivity contribution in [3.63, 3.8) is 0 Å². The second kappa shape index (κ2) is 4.82. The minimum absolute atomic E-state index is 0.0488. The van der Waals surface area contributed by atoms with Crippen molar-refractivity contribution in [2.24, 2.45) is 7.05 Å². The van der Waals surface area contributed by atoms with Crippen molar-refractivity contribution in [1.82, 2.24) is 14.8 Å². The lowest BCUT2D eigenvalue weighted by molar-refractivity contribution is -0.116. The number of hydrogen-bond acceptors (Lipinski definition) is 5. The topological polar surface area (TPSA) is 85.8 Å². The van der Waals surface area contributed by atoms with E-state index in [2.05, 4.69) is 15.5 Å². The van der Waals surface area contributed by atoms with Gasteiger partial charge in [0.05, 0.1) is 0 Å². The standard InChI is InChI=1S/C13H15N5OS/c1-7-16-17-13(18(7)2)20-11-6-10-8(5-9(11)14)3-4-12(19)15-10/h5-6H,3-4,14H2,1-2H3,(H,15,19). The van der Waals surface area contributed by atoms with E-state index in [0.29, 0.717) is 12.1 Å². The predicted octanol–water partition coefficient (Wildman–Crippen LogP) is 1.74. The highest BCUT2D eigenvalue weighted by Gasteiger charge is 2.18. The molecule has 0 fully saturated rings. The molecule has 0 radical (unpaired) electrons. The van der Waals surface area contributed by atoms with Crippen LogP contribution in [0.5, 0.6) is 0 Å². The number of aryl methyl sites for hydroxylation is 2. The second-order valence-corrected chi connectivity index (χ2v) is 5.80. The van der Waals surface area contributed by atoms with Gasteiger partial charge in [-0.05, 0) is 42.8 Å². The number of nitrogens with one attached hydrogen (secondary N) is 1. The number of carbonyl (C=O) groups excluding carboxylic acids is 1. The van der Waals surface area contributed by atoms with Gasteiger partial charge in [-0.25, -0.2) is 0 Å². The number of rotatable bonds is 2. The lowest BCUT2D eigenvalue weighted by atomic mass is 10.0. The van der Waals surface area contributed by atoms with Crippen LogP contribution >= 0.6 is 11.8 Å². The molecule has 0 aliphatic carbocycles. The normalized spacial score (nSPS) is 14.0. The van der Waals surface area contributed by atoms with Crippen LogP contribution in [0.2, 0.25) is 0 Å². The van der Waals surface area contributed by atoms with Gasteiger partial charge in [-0.3, -0.25) is 4.79 Å². The van der Waals surface area contributed by atoms with E-state index in [0.717, 1.165) is 33.5 Å². The minimum Gasteiger partial charge on any atom is -0.398 e. The van der Waals surface area contributed by atoms with Crippen molar-refractivity contribution >= 4 is 29.0 Å². The van der Waals surface area contributed by atoms with E-state index in [1.807, 2.05) is 30.7 Å². The van der Waals surface area contributed by atoms with Crippen LogP contribution in [0, 0.1) is 6.92 Å². The molecule has 0 atom stereocenters. The predicted molar refractivity (Wildman–Crippen MR) is 77.7 cm³/mol. The number of aromatic nitrogens is 3. The molecular weight excluding hydrogens is 274 g/mol. The zero-order valence-electron chi connectivity index (χ0n) is 11.3. The Morgan fingerprint density at radius 3 is 2.85 bits per heavy atom. The second-order valence-electron chi connectivity index (χ2n) is 4.79. The fourth-order valence-electron chi connectivity index (χ4n) is 2.09. The highest BCUT2D eigenvalue weighted by Crippen LogP contribution is 2.36. The molecular formula is C13H15N5OS. The monoisotopic (exact) mass is 289 g/mol. The molecule has 3 rings (SSSR count). The molecule has 1 aromatic carbocycles. The average Bonchev–Trinajstić information content (AvgIpc) is 2.72. The quantitative estimate of drug-likeness (QED) is 0.822. The third kappa shape index (κ3) is 2.24. The Morgan fingerprint density at radius 2 is 2.15 bits per heavy atom. The highest BCUT2D eigenvalue weighted by atomic mass is 32.2. The van der Waals surface area contributed by atoms with Crippen molar-refractivity contribution in [3.8, 4) is 0 Å². The van der Waals surface area contributed by atoms with Gasteiger partial charge in [0.2, 0.25) is 5.91 Å². The summed E-state index contributed by atoms with van der Waals surface area (Å²) in [5, 5.41) is 11.8. The number of nitrogen functional groups attached to an aromatic ring is 1. The Labute approximate surface area is 120 Å². The van der Waals surface area contributed by atoms with Gasteiger partial charge in [-0.1, -0.05) is 0 Å². The molecule has 6 nitrogen and oxygen atoms in total. The van der Waals surface area contributed by atoms with Crippen LogP contribution in [-0.2, 0) is 18.3 Å². The minimum atomic E-state index is 0.0488. The number of nitrogens with two attached hydrogens (primary N) is 1. The van der Waals surface area contributed by atoms with Crippen LogP contribution in [0.15, 0.2) is 22.2 Å². The summed E-state index contributed by atoms with van der Waals surface area (Å²) < 4.78 is 1.90. The maximum atomic E-state index is 11.5. The Kier molecular flexibility index (Phi) is 3.13. The van der Waals surface area contributed by atoms with E-state index < -0.39 is 0 Å². The molecule has 7 heteroatoms. The van der Waals surface area contributed by atoms with Crippen molar-refractivity contribution in [1.29, 1.82) is 0 Å². The molecule has 104 valence electrons. The Hall–Kier alpha value is -2.02. The van der Waals surface area contributed by atoms with E-state index in [1.165, 1.54) is 11.8 Å². The van der Waals surface area contributed by atoms with Crippen LogP contribution in [0.4, 0.5) is 11.4 Å². The van der Waals surface area contributed by atoms with E-state index in [9.17, 15) is 4.79 Å². The molecule has 1 aliphatic heterocycles. The number of anilines is 2. The summed E-state index contributed by atoms with van der Waals surface area (Å²) in [6.07, 6.45) is 1.25. The Bertz CT molecular complexity index is 694. The first kappa shape index (κ1) is 13.0. The fraction of sp³-hybridized carbons (Fsp3) is 0.308. The van der Waals surface area contributed by atoms with Crippen molar-refractivity contribution in [2.45, 2.75) is 29.8 Å².